The molecule has 0 aromatic heterocycles. The fourth-order valence-electron chi connectivity index (χ4n) is 2.12. The summed E-state index contributed by atoms with van der Waals surface area (Å²) < 4.78 is 13.1. The lowest BCUT2D eigenvalue weighted by Gasteiger charge is -2.37. The lowest BCUT2D eigenvalue weighted by Crippen LogP contribution is -2.49. The molecular weight excluding hydrogens is 217 g/mol. The van der Waals surface area contributed by atoms with Crippen LogP contribution in [0.3, 0.4) is 0 Å². The van der Waals surface area contributed by atoms with Gasteiger partial charge < -0.3 is 4.90 Å². The van der Waals surface area contributed by atoms with Crippen LogP contribution in [0.25, 0.3) is 0 Å². The zero-order valence-electron chi connectivity index (χ0n) is 9.93. The highest BCUT2D eigenvalue weighted by Crippen LogP contribution is 2.18. The third-order valence-corrected chi connectivity index (χ3v) is 3.22. The predicted octanol–water partition coefficient (Wildman–Crippen LogP) is 1.86. The molecule has 1 heterocycles. The second kappa shape index (κ2) is 5.15. The molecule has 1 fully saturated rings. The first-order chi connectivity index (χ1) is 8.20. The van der Waals surface area contributed by atoms with E-state index in [1.807, 2.05) is 13.0 Å². The van der Waals surface area contributed by atoms with E-state index in [1.54, 1.807) is 12.1 Å². The van der Waals surface area contributed by atoms with Crippen molar-refractivity contribution in [2.45, 2.75) is 13.0 Å². The third kappa shape index (κ3) is 2.75. The topological polar surface area (TPSA) is 30.3 Å². The Morgan fingerprint density at radius 2 is 2.00 bits per heavy atom. The van der Waals surface area contributed by atoms with Gasteiger partial charge in [-0.05, 0) is 25.1 Å². The zero-order valence-corrected chi connectivity index (χ0v) is 9.93. The molecule has 0 radical (unpaired) electrons. The van der Waals surface area contributed by atoms with Gasteiger partial charge in [0.2, 0.25) is 0 Å². The van der Waals surface area contributed by atoms with E-state index in [9.17, 15) is 4.39 Å². The van der Waals surface area contributed by atoms with Crippen LogP contribution in [0.4, 0.5) is 10.1 Å². The number of halogens is 1. The normalized spacial score (nSPS) is 18.8. The predicted molar refractivity (Wildman–Crippen MR) is 65.3 cm³/mol. The Morgan fingerprint density at radius 3 is 2.59 bits per heavy atom. The molecule has 1 unspecified atom stereocenters. The van der Waals surface area contributed by atoms with Gasteiger partial charge >= 0.3 is 0 Å². The SMILES string of the molecule is CC(C#N)N1CCN(c2cccc(F)c2)CC1. The van der Waals surface area contributed by atoms with Gasteiger partial charge in [0.05, 0.1) is 12.1 Å². The van der Waals surface area contributed by atoms with Gasteiger partial charge in [0.1, 0.15) is 5.82 Å². The molecule has 1 aliphatic heterocycles. The minimum Gasteiger partial charge on any atom is -0.369 e. The van der Waals surface area contributed by atoms with Crippen LogP contribution in [-0.2, 0) is 0 Å². The lowest BCUT2D eigenvalue weighted by atomic mass is 10.2. The van der Waals surface area contributed by atoms with Crippen LogP contribution < -0.4 is 4.90 Å². The number of anilines is 1. The van der Waals surface area contributed by atoms with E-state index in [0.717, 1.165) is 31.9 Å². The van der Waals surface area contributed by atoms with Crippen molar-refractivity contribution >= 4 is 5.69 Å². The first-order valence-corrected chi connectivity index (χ1v) is 5.85. The number of hydrogen-bond donors (Lipinski definition) is 0. The van der Waals surface area contributed by atoms with Crippen molar-refractivity contribution in [2.24, 2.45) is 0 Å². The van der Waals surface area contributed by atoms with Crippen molar-refractivity contribution in [3.8, 4) is 6.07 Å². The first kappa shape index (κ1) is 11.9. The fraction of sp³-hybridized carbons (Fsp3) is 0.462. The van der Waals surface area contributed by atoms with Crippen LogP contribution in [-0.4, -0.2) is 37.1 Å². The third-order valence-electron chi connectivity index (χ3n) is 3.22. The summed E-state index contributed by atoms with van der Waals surface area (Å²) in [6, 6.07) is 8.88. The van der Waals surface area contributed by atoms with E-state index in [-0.39, 0.29) is 11.9 Å². The summed E-state index contributed by atoms with van der Waals surface area (Å²) >= 11 is 0. The molecule has 17 heavy (non-hydrogen) atoms. The maximum Gasteiger partial charge on any atom is 0.125 e. The van der Waals surface area contributed by atoms with Crippen LogP contribution in [0, 0.1) is 17.1 Å². The fourth-order valence-corrected chi connectivity index (χ4v) is 2.12. The molecule has 0 saturated carbocycles. The van der Waals surface area contributed by atoms with E-state index in [4.69, 9.17) is 5.26 Å². The standard InChI is InChI=1S/C13H16FN3/c1-11(10-15)16-5-7-17(8-6-16)13-4-2-3-12(14)9-13/h2-4,9,11H,5-8H2,1H3. The molecule has 2 rings (SSSR count). The maximum atomic E-state index is 13.1. The Bertz CT molecular complexity index is 419. The van der Waals surface area contributed by atoms with Crippen LogP contribution in [0.1, 0.15) is 6.92 Å². The number of hydrogen-bond acceptors (Lipinski definition) is 3. The Kier molecular flexibility index (Phi) is 3.60. The van der Waals surface area contributed by atoms with E-state index in [2.05, 4.69) is 15.9 Å². The van der Waals surface area contributed by atoms with Crippen LogP contribution in [0.15, 0.2) is 24.3 Å². The molecule has 1 atom stereocenters. The number of nitrogens with zero attached hydrogens (tertiary/aromatic N) is 3. The van der Waals surface area contributed by atoms with Crippen molar-refractivity contribution in [1.82, 2.24) is 4.90 Å². The van der Waals surface area contributed by atoms with Gasteiger partial charge in [-0.25, -0.2) is 4.39 Å². The summed E-state index contributed by atoms with van der Waals surface area (Å²) in [4.78, 5) is 4.31. The molecule has 0 amide bonds. The largest absolute Gasteiger partial charge is 0.369 e. The van der Waals surface area contributed by atoms with Crippen molar-refractivity contribution < 1.29 is 4.39 Å². The summed E-state index contributed by atoms with van der Waals surface area (Å²) in [6.45, 7) is 5.30. The summed E-state index contributed by atoms with van der Waals surface area (Å²) in [5, 5.41) is 8.85. The van der Waals surface area contributed by atoms with Gasteiger partial charge in [-0.1, -0.05) is 6.07 Å². The molecule has 0 spiro atoms. The van der Waals surface area contributed by atoms with Gasteiger partial charge in [0.15, 0.2) is 0 Å². The molecular formula is C13H16FN3. The van der Waals surface area contributed by atoms with Gasteiger partial charge in [0, 0.05) is 31.9 Å². The highest BCUT2D eigenvalue weighted by atomic mass is 19.1. The van der Waals surface area contributed by atoms with Crippen molar-refractivity contribution in [2.75, 3.05) is 31.1 Å². The quantitative estimate of drug-likeness (QED) is 0.781. The summed E-state index contributed by atoms with van der Waals surface area (Å²) in [5.74, 6) is -0.199. The van der Waals surface area contributed by atoms with Crippen molar-refractivity contribution in [1.29, 1.82) is 5.26 Å². The second-order valence-corrected chi connectivity index (χ2v) is 4.31. The number of nitriles is 1. The van der Waals surface area contributed by atoms with Gasteiger partial charge in [-0.3, -0.25) is 4.90 Å². The minimum atomic E-state index is -0.199. The number of rotatable bonds is 2. The van der Waals surface area contributed by atoms with E-state index in [0.29, 0.717) is 0 Å². The Hall–Kier alpha value is -1.60. The molecule has 90 valence electrons. The van der Waals surface area contributed by atoms with Crippen molar-refractivity contribution in [3.05, 3.63) is 30.1 Å². The first-order valence-electron chi connectivity index (χ1n) is 5.85. The summed E-state index contributed by atoms with van der Waals surface area (Å²) in [6.07, 6.45) is 0. The molecule has 0 aliphatic carbocycles. The number of piperazine rings is 1. The van der Waals surface area contributed by atoms with Crippen LogP contribution >= 0.6 is 0 Å². The van der Waals surface area contributed by atoms with Gasteiger partial charge in [-0.2, -0.15) is 5.26 Å². The van der Waals surface area contributed by atoms with E-state index < -0.39 is 0 Å². The Labute approximate surface area is 101 Å². The highest BCUT2D eigenvalue weighted by Gasteiger charge is 2.20. The van der Waals surface area contributed by atoms with Gasteiger partial charge in [0.25, 0.3) is 0 Å². The van der Waals surface area contributed by atoms with Crippen LogP contribution in [0.2, 0.25) is 0 Å². The minimum absolute atomic E-state index is 0.0374. The number of benzene rings is 1. The summed E-state index contributed by atoms with van der Waals surface area (Å²) in [7, 11) is 0. The molecule has 1 aliphatic rings. The monoisotopic (exact) mass is 233 g/mol. The highest BCUT2D eigenvalue weighted by molar-refractivity contribution is 5.46. The molecule has 1 aromatic rings. The van der Waals surface area contributed by atoms with Gasteiger partial charge in [-0.15, -0.1) is 0 Å². The Balaban J connectivity index is 1.98. The smallest absolute Gasteiger partial charge is 0.125 e. The van der Waals surface area contributed by atoms with Crippen molar-refractivity contribution in [3.63, 3.8) is 0 Å². The molecule has 3 nitrogen and oxygen atoms in total. The van der Waals surface area contributed by atoms with E-state index >= 15 is 0 Å². The Morgan fingerprint density at radius 1 is 1.29 bits per heavy atom. The molecule has 0 N–H and O–H groups in total. The van der Waals surface area contributed by atoms with E-state index in [1.165, 1.54) is 6.07 Å². The molecule has 0 bridgehead atoms. The zero-order chi connectivity index (χ0) is 12.3. The van der Waals surface area contributed by atoms with Crippen LogP contribution in [0.5, 0.6) is 0 Å². The second-order valence-electron chi connectivity index (χ2n) is 4.31. The molecule has 4 heteroatoms. The molecule has 1 saturated heterocycles. The lowest BCUT2D eigenvalue weighted by molar-refractivity contribution is 0.231. The maximum absolute atomic E-state index is 13.1. The molecule has 1 aromatic carbocycles. The summed E-state index contributed by atoms with van der Waals surface area (Å²) in [5.41, 5.74) is 0.925. The average molecular weight is 233 g/mol. The average Bonchev–Trinajstić information content (AvgIpc) is 2.38.